The van der Waals surface area contributed by atoms with Gasteiger partial charge < -0.3 is 14.6 Å². The first kappa shape index (κ1) is 15.1. The zero-order valence-corrected chi connectivity index (χ0v) is 14.0. The predicted octanol–water partition coefficient (Wildman–Crippen LogP) is 3.93. The monoisotopic (exact) mass is 363 g/mol. The van der Waals surface area contributed by atoms with E-state index in [9.17, 15) is 4.79 Å². The van der Waals surface area contributed by atoms with Crippen molar-refractivity contribution in [3.8, 4) is 0 Å². The van der Waals surface area contributed by atoms with Crippen LogP contribution in [-0.4, -0.2) is 24.0 Å². The average Bonchev–Trinajstić information content (AvgIpc) is 2.96. The van der Waals surface area contributed by atoms with Crippen molar-refractivity contribution >= 4 is 33.3 Å². The van der Waals surface area contributed by atoms with E-state index in [4.69, 9.17) is 4.42 Å². The molecular weight excluding hydrogens is 346 g/mol. The summed E-state index contributed by atoms with van der Waals surface area (Å²) in [7, 11) is 0. The van der Waals surface area contributed by atoms with Crippen LogP contribution >= 0.6 is 15.9 Å². The maximum absolute atomic E-state index is 12.0. The van der Waals surface area contributed by atoms with E-state index in [1.807, 2.05) is 12.1 Å². The van der Waals surface area contributed by atoms with Crippen LogP contribution in [0.3, 0.4) is 0 Å². The Bertz CT molecular complexity index is 646. The maximum atomic E-state index is 12.0. The number of rotatable bonds is 3. The smallest absolute Gasteiger partial charge is 0.291 e. The highest BCUT2D eigenvalue weighted by atomic mass is 79.9. The number of nitrogens with one attached hydrogen (secondary N) is 1. The second-order valence-electron chi connectivity index (χ2n) is 5.63. The molecule has 0 unspecified atom stereocenters. The van der Waals surface area contributed by atoms with Crippen molar-refractivity contribution < 1.29 is 9.21 Å². The number of anilines is 2. The minimum absolute atomic E-state index is 0.265. The molecule has 22 heavy (non-hydrogen) atoms. The van der Waals surface area contributed by atoms with Gasteiger partial charge in [0.05, 0.1) is 11.9 Å². The standard InChI is InChI=1S/C16H18BrN3O2/c1-11-6-8-20(9-7-11)15-5-2-12(10-18-15)19-16(21)13-3-4-14(17)22-13/h2-5,10-11H,6-9H2,1H3,(H,19,21). The number of amides is 1. The van der Waals surface area contributed by atoms with Gasteiger partial charge in [0.25, 0.3) is 5.91 Å². The first-order valence-electron chi connectivity index (χ1n) is 7.39. The molecular formula is C16H18BrN3O2. The van der Waals surface area contributed by atoms with Gasteiger partial charge in [0, 0.05) is 13.1 Å². The van der Waals surface area contributed by atoms with Gasteiger partial charge in [-0.2, -0.15) is 0 Å². The summed E-state index contributed by atoms with van der Waals surface area (Å²) in [5, 5.41) is 2.77. The van der Waals surface area contributed by atoms with E-state index in [0.717, 1.165) is 24.8 Å². The number of carbonyl (C=O) groups excluding carboxylic acids is 1. The molecule has 1 fully saturated rings. The quantitative estimate of drug-likeness (QED) is 0.897. The Balaban J connectivity index is 1.63. The fourth-order valence-corrected chi connectivity index (χ4v) is 2.82. The van der Waals surface area contributed by atoms with E-state index in [0.29, 0.717) is 10.4 Å². The summed E-state index contributed by atoms with van der Waals surface area (Å²) in [4.78, 5) is 18.7. The van der Waals surface area contributed by atoms with E-state index in [1.165, 1.54) is 12.8 Å². The van der Waals surface area contributed by atoms with Crippen molar-refractivity contribution in [1.29, 1.82) is 0 Å². The third-order valence-corrected chi connectivity index (χ3v) is 4.34. The third kappa shape index (κ3) is 3.50. The Morgan fingerprint density at radius 2 is 2.09 bits per heavy atom. The van der Waals surface area contributed by atoms with Crippen molar-refractivity contribution in [3.05, 3.63) is 40.9 Å². The third-order valence-electron chi connectivity index (χ3n) is 3.91. The molecule has 2 aromatic heterocycles. The number of aromatic nitrogens is 1. The number of pyridine rings is 1. The van der Waals surface area contributed by atoms with Gasteiger partial charge in [-0.05, 0) is 59.0 Å². The topological polar surface area (TPSA) is 58.4 Å². The fraction of sp³-hybridized carbons (Fsp3) is 0.375. The van der Waals surface area contributed by atoms with Gasteiger partial charge in [-0.15, -0.1) is 0 Å². The van der Waals surface area contributed by atoms with E-state index in [2.05, 4.69) is 38.1 Å². The van der Waals surface area contributed by atoms with Gasteiger partial charge in [-0.1, -0.05) is 6.92 Å². The normalized spacial score (nSPS) is 15.8. The minimum atomic E-state index is -0.285. The van der Waals surface area contributed by atoms with Gasteiger partial charge in [0.2, 0.25) is 0 Å². The molecule has 0 spiro atoms. The van der Waals surface area contributed by atoms with Crippen LogP contribution < -0.4 is 10.2 Å². The molecule has 1 saturated heterocycles. The van der Waals surface area contributed by atoms with Gasteiger partial charge in [-0.3, -0.25) is 4.79 Å². The van der Waals surface area contributed by atoms with Crippen LogP contribution in [0.15, 0.2) is 39.5 Å². The lowest BCUT2D eigenvalue weighted by atomic mass is 9.99. The molecule has 3 heterocycles. The molecule has 0 bridgehead atoms. The Morgan fingerprint density at radius 1 is 1.32 bits per heavy atom. The van der Waals surface area contributed by atoms with Gasteiger partial charge >= 0.3 is 0 Å². The lowest BCUT2D eigenvalue weighted by Gasteiger charge is -2.31. The summed E-state index contributed by atoms with van der Waals surface area (Å²) >= 11 is 3.18. The second kappa shape index (κ2) is 6.52. The second-order valence-corrected chi connectivity index (χ2v) is 6.41. The molecule has 2 aromatic rings. The van der Waals surface area contributed by atoms with Crippen molar-refractivity contribution in [2.24, 2.45) is 5.92 Å². The van der Waals surface area contributed by atoms with E-state index >= 15 is 0 Å². The van der Waals surface area contributed by atoms with Crippen molar-refractivity contribution in [2.45, 2.75) is 19.8 Å². The number of furan rings is 1. The summed E-state index contributed by atoms with van der Waals surface area (Å²) in [6.07, 6.45) is 4.09. The van der Waals surface area contributed by atoms with Crippen LogP contribution in [0.2, 0.25) is 0 Å². The van der Waals surface area contributed by atoms with Gasteiger partial charge in [-0.25, -0.2) is 4.98 Å². The molecule has 5 nitrogen and oxygen atoms in total. The summed E-state index contributed by atoms with van der Waals surface area (Å²) < 4.78 is 5.76. The summed E-state index contributed by atoms with van der Waals surface area (Å²) in [6, 6.07) is 7.13. The summed E-state index contributed by atoms with van der Waals surface area (Å²) in [5.41, 5.74) is 0.659. The molecule has 0 saturated carbocycles. The first-order chi connectivity index (χ1) is 10.6. The van der Waals surface area contributed by atoms with E-state index in [1.54, 1.807) is 18.3 Å². The van der Waals surface area contributed by atoms with Crippen LogP contribution in [0.1, 0.15) is 30.3 Å². The van der Waals surface area contributed by atoms with Crippen molar-refractivity contribution in [3.63, 3.8) is 0 Å². The zero-order valence-electron chi connectivity index (χ0n) is 12.4. The van der Waals surface area contributed by atoms with Crippen LogP contribution in [0.25, 0.3) is 0 Å². The molecule has 6 heteroatoms. The highest BCUT2D eigenvalue weighted by Gasteiger charge is 2.17. The average molecular weight is 364 g/mol. The summed E-state index contributed by atoms with van der Waals surface area (Å²) in [6.45, 7) is 4.37. The molecule has 0 aromatic carbocycles. The molecule has 1 aliphatic rings. The Kier molecular flexibility index (Phi) is 4.47. The lowest BCUT2D eigenvalue weighted by molar-refractivity contribution is 0.0995. The number of piperidine rings is 1. The molecule has 0 radical (unpaired) electrons. The Morgan fingerprint density at radius 3 is 2.68 bits per heavy atom. The number of hydrogen-bond acceptors (Lipinski definition) is 4. The highest BCUT2D eigenvalue weighted by molar-refractivity contribution is 9.10. The van der Waals surface area contributed by atoms with Crippen LogP contribution in [-0.2, 0) is 0 Å². The van der Waals surface area contributed by atoms with E-state index in [-0.39, 0.29) is 11.7 Å². The molecule has 0 atom stereocenters. The molecule has 0 aliphatic carbocycles. The highest BCUT2D eigenvalue weighted by Crippen LogP contribution is 2.22. The minimum Gasteiger partial charge on any atom is -0.444 e. The fourth-order valence-electron chi connectivity index (χ4n) is 2.51. The molecule has 1 aliphatic heterocycles. The first-order valence-corrected chi connectivity index (χ1v) is 8.19. The summed E-state index contributed by atoms with van der Waals surface area (Å²) in [5.74, 6) is 1.74. The van der Waals surface area contributed by atoms with Gasteiger partial charge in [0.1, 0.15) is 5.82 Å². The zero-order chi connectivity index (χ0) is 15.5. The van der Waals surface area contributed by atoms with Crippen LogP contribution in [0.5, 0.6) is 0 Å². The predicted molar refractivity (Wildman–Crippen MR) is 89.2 cm³/mol. The maximum Gasteiger partial charge on any atom is 0.291 e. The van der Waals surface area contributed by atoms with Crippen molar-refractivity contribution in [2.75, 3.05) is 23.3 Å². The lowest BCUT2D eigenvalue weighted by Crippen LogP contribution is -2.33. The number of carbonyl (C=O) groups is 1. The van der Waals surface area contributed by atoms with Gasteiger partial charge in [0.15, 0.2) is 10.4 Å². The molecule has 1 amide bonds. The van der Waals surface area contributed by atoms with E-state index < -0.39 is 0 Å². The molecule has 3 rings (SSSR count). The largest absolute Gasteiger partial charge is 0.444 e. The van der Waals surface area contributed by atoms with Crippen LogP contribution in [0.4, 0.5) is 11.5 Å². The Labute approximate surface area is 137 Å². The molecule has 116 valence electrons. The number of hydrogen-bond donors (Lipinski definition) is 1. The molecule has 1 N–H and O–H groups in total. The van der Waals surface area contributed by atoms with Crippen LogP contribution in [0, 0.1) is 5.92 Å². The van der Waals surface area contributed by atoms with Crippen molar-refractivity contribution in [1.82, 2.24) is 4.98 Å². The SMILES string of the molecule is CC1CCN(c2ccc(NC(=O)c3ccc(Br)o3)cn2)CC1. The number of nitrogens with zero attached hydrogens (tertiary/aromatic N) is 2. The number of halogens is 1. The Hall–Kier alpha value is -1.82.